The summed E-state index contributed by atoms with van der Waals surface area (Å²) >= 11 is 1.46. The number of hydrogen-bond acceptors (Lipinski definition) is 0. The van der Waals surface area contributed by atoms with Crippen LogP contribution in [0.2, 0.25) is 0 Å². The fourth-order valence-electron chi connectivity index (χ4n) is 4.50. The zero-order valence-electron chi connectivity index (χ0n) is 21.9. The smallest absolute Gasteiger partial charge is 0.0771 e. The first-order valence-corrected chi connectivity index (χ1v) is 13.9. The summed E-state index contributed by atoms with van der Waals surface area (Å²) < 4.78 is 1.42. The van der Waals surface area contributed by atoms with Crippen molar-refractivity contribution in [3.05, 3.63) is 150 Å². The Balaban J connectivity index is 0.000000200. The average Bonchev–Trinajstić information content (AvgIpc) is 3.58. The molecule has 0 amide bonds. The van der Waals surface area contributed by atoms with Crippen molar-refractivity contribution in [1.29, 1.82) is 0 Å². The number of benzene rings is 4. The van der Waals surface area contributed by atoms with E-state index in [9.17, 15) is 0 Å². The van der Waals surface area contributed by atoms with E-state index in [1.54, 1.807) is 5.57 Å². The molecule has 0 spiro atoms. The second kappa shape index (κ2) is 16.5. The molecular formula is C35H32Cl2Zr-2. The second-order valence-corrected chi connectivity index (χ2v) is 10.0. The zero-order valence-corrected chi connectivity index (χ0v) is 25.9. The van der Waals surface area contributed by atoms with Gasteiger partial charge in [-0.15, -0.1) is 46.2 Å². The molecule has 1 aliphatic carbocycles. The fraction of sp³-hybridized carbons (Fsp3) is 0.143. The van der Waals surface area contributed by atoms with Gasteiger partial charge in [0.05, 0.1) is 0 Å². The van der Waals surface area contributed by atoms with Crippen molar-refractivity contribution in [2.45, 2.75) is 33.1 Å². The van der Waals surface area contributed by atoms with E-state index in [4.69, 9.17) is 0 Å². The monoisotopic (exact) mass is 612 g/mol. The molecule has 0 aliphatic heterocycles. The molecule has 3 heteroatoms. The molecule has 0 nitrogen and oxygen atoms in total. The minimum atomic E-state index is 0. The van der Waals surface area contributed by atoms with Crippen LogP contribution in [0, 0.1) is 6.08 Å². The number of hydrogen-bond donors (Lipinski definition) is 0. The van der Waals surface area contributed by atoms with Gasteiger partial charge in [0.25, 0.3) is 0 Å². The van der Waals surface area contributed by atoms with Gasteiger partial charge in [-0.3, -0.25) is 6.08 Å². The van der Waals surface area contributed by atoms with Gasteiger partial charge in [-0.25, -0.2) is 6.08 Å². The topological polar surface area (TPSA) is 0 Å². The van der Waals surface area contributed by atoms with Crippen LogP contribution in [0.4, 0.5) is 0 Å². The molecule has 0 saturated heterocycles. The van der Waals surface area contributed by atoms with E-state index in [-0.39, 0.29) is 24.8 Å². The summed E-state index contributed by atoms with van der Waals surface area (Å²) in [5, 5.41) is 5.39. The van der Waals surface area contributed by atoms with Crippen LogP contribution in [0.3, 0.4) is 0 Å². The molecule has 0 radical (unpaired) electrons. The van der Waals surface area contributed by atoms with E-state index >= 15 is 0 Å². The van der Waals surface area contributed by atoms with Gasteiger partial charge in [-0.1, -0.05) is 63.1 Å². The third-order valence-electron chi connectivity index (χ3n) is 6.50. The maximum Gasteiger partial charge on any atom is -0.0771 e. The Bertz CT molecular complexity index is 1390. The molecule has 38 heavy (non-hydrogen) atoms. The van der Waals surface area contributed by atoms with Crippen LogP contribution in [0.25, 0.3) is 21.5 Å². The van der Waals surface area contributed by atoms with Crippen LogP contribution >= 0.6 is 0 Å². The maximum absolute atomic E-state index is 3.23. The van der Waals surface area contributed by atoms with E-state index in [1.807, 2.05) is 0 Å². The van der Waals surface area contributed by atoms with Gasteiger partial charge in [0.2, 0.25) is 0 Å². The van der Waals surface area contributed by atoms with Crippen LogP contribution in [0.5, 0.6) is 0 Å². The van der Waals surface area contributed by atoms with Gasteiger partial charge < -0.3 is 24.8 Å². The van der Waals surface area contributed by atoms with Gasteiger partial charge in [0, 0.05) is 0 Å². The van der Waals surface area contributed by atoms with Gasteiger partial charge in [0.1, 0.15) is 0 Å². The fourth-order valence-corrected chi connectivity index (χ4v) is 5.32. The van der Waals surface area contributed by atoms with Crippen molar-refractivity contribution < 1.29 is 49.0 Å². The van der Waals surface area contributed by atoms with Gasteiger partial charge in [-0.05, 0) is 0 Å². The molecule has 0 bridgehead atoms. The summed E-state index contributed by atoms with van der Waals surface area (Å²) in [6.07, 6.45) is 8.82. The number of allylic oxidation sites excluding steroid dienone is 4. The molecule has 1 aliphatic rings. The van der Waals surface area contributed by atoms with Crippen molar-refractivity contribution in [1.82, 2.24) is 0 Å². The Morgan fingerprint density at radius 3 is 1.53 bits per heavy atom. The molecule has 0 fully saturated rings. The summed E-state index contributed by atoms with van der Waals surface area (Å²) in [4.78, 5) is 0. The van der Waals surface area contributed by atoms with Crippen LogP contribution in [0.15, 0.2) is 132 Å². The van der Waals surface area contributed by atoms with Gasteiger partial charge >= 0.3 is 99.2 Å². The molecule has 0 saturated carbocycles. The largest absolute Gasteiger partial charge is 0.126 e. The SMILES string of the molecule is CCC1=C(CC)C[C-]=C1.[Cl-].[Cl-].[Zr+2]=[C](c1ccccc1)c1ccccc1.c1ccc2c(c1)[cH-]c1ccccc12. The van der Waals surface area contributed by atoms with Crippen LogP contribution < -0.4 is 24.8 Å². The molecule has 0 heterocycles. The molecule has 0 atom stereocenters. The Hall–Kier alpha value is -2.44. The first-order valence-electron chi connectivity index (χ1n) is 12.7. The first-order chi connectivity index (χ1) is 17.7. The van der Waals surface area contributed by atoms with Crippen molar-refractivity contribution in [2.24, 2.45) is 0 Å². The molecule has 0 aromatic heterocycles. The normalized spacial score (nSPS) is 11.6. The molecular weight excluding hydrogens is 583 g/mol. The van der Waals surface area contributed by atoms with Crippen LogP contribution in [-0.2, 0) is 24.2 Å². The Kier molecular flexibility index (Phi) is 13.8. The minimum absolute atomic E-state index is 0. The van der Waals surface area contributed by atoms with Crippen molar-refractivity contribution in [3.8, 4) is 0 Å². The quantitative estimate of drug-likeness (QED) is 0.273. The number of fused-ring (bicyclic) bond motifs is 3. The van der Waals surface area contributed by atoms with Crippen molar-refractivity contribution in [2.75, 3.05) is 0 Å². The summed E-state index contributed by atoms with van der Waals surface area (Å²) in [6, 6.07) is 40.4. The minimum Gasteiger partial charge on any atom is -0.126 e. The molecule has 192 valence electrons. The Labute approximate surface area is 255 Å². The standard InChI is InChI=1S/C13H9.C13H10.C9H13.2ClH.Zr/c1-3-7-12-10(5-1)9-11-6-2-4-8-13(11)12;1-3-7-12(8-4-1)11-13-9-5-2-6-10-13;1-3-8-6-5-7-9(8)4-2;;;/h1-9H;1-10H;6H,3-4,7H2,1-2H3;2*1H;/q-1;;-1;;;+2/p-2. The molecule has 6 rings (SSSR count). The molecule has 5 aromatic rings. The first kappa shape index (κ1) is 31.8. The summed E-state index contributed by atoms with van der Waals surface area (Å²) in [6.45, 7) is 4.42. The summed E-state index contributed by atoms with van der Waals surface area (Å²) in [7, 11) is 0. The third-order valence-corrected chi connectivity index (χ3v) is 7.92. The second-order valence-electron chi connectivity index (χ2n) is 8.79. The zero-order chi connectivity index (χ0) is 25.2. The van der Waals surface area contributed by atoms with E-state index in [0.717, 1.165) is 6.42 Å². The van der Waals surface area contributed by atoms with Crippen LogP contribution in [-0.4, -0.2) is 3.21 Å². The third kappa shape index (κ3) is 8.28. The predicted molar refractivity (Wildman–Crippen MR) is 153 cm³/mol. The van der Waals surface area contributed by atoms with Crippen molar-refractivity contribution in [3.63, 3.8) is 0 Å². The molecule has 0 unspecified atom stereocenters. The molecule has 5 aromatic carbocycles. The van der Waals surface area contributed by atoms with Gasteiger partial charge in [-0.2, -0.15) is 11.1 Å². The van der Waals surface area contributed by atoms with E-state index in [2.05, 4.69) is 141 Å². The van der Waals surface area contributed by atoms with Crippen LogP contribution in [0.1, 0.15) is 44.2 Å². The number of rotatable bonds is 4. The predicted octanol–water partition coefficient (Wildman–Crippen LogP) is 3.39. The Morgan fingerprint density at radius 1 is 0.658 bits per heavy atom. The van der Waals surface area contributed by atoms with Crippen molar-refractivity contribution >= 4 is 24.8 Å². The van der Waals surface area contributed by atoms with E-state index in [1.165, 1.54) is 78.5 Å². The van der Waals surface area contributed by atoms with Gasteiger partial charge in [0.15, 0.2) is 0 Å². The maximum atomic E-state index is 3.23. The van der Waals surface area contributed by atoms with E-state index in [0.29, 0.717) is 0 Å². The van der Waals surface area contributed by atoms with E-state index < -0.39 is 0 Å². The number of halogens is 2. The molecule has 0 N–H and O–H groups in total. The Morgan fingerprint density at radius 2 is 1.11 bits per heavy atom. The average molecular weight is 615 g/mol. The summed E-state index contributed by atoms with van der Waals surface area (Å²) in [5.74, 6) is 0. The summed E-state index contributed by atoms with van der Waals surface area (Å²) in [5.41, 5.74) is 5.75.